The quantitative estimate of drug-likeness (QED) is 0.882. The van der Waals surface area contributed by atoms with E-state index in [4.69, 9.17) is 4.74 Å². The Balaban J connectivity index is 2.14. The second kappa shape index (κ2) is 3.86. The summed E-state index contributed by atoms with van der Waals surface area (Å²) in [6.45, 7) is 0. The van der Waals surface area contributed by atoms with Gasteiger partial charge in [-0.2, -0.15) is 0 Å². The molecule has 2 aromatic rings. The van der Waals surface area contributed by atoms with Gasteiger partial charge in [0.1, 0.15) is 11.4 Å². The van der Waals surface area contributed by atoms with Crippen molar-refractivity contribution in [1.29, 1.82) is 0 Å². The number of fused-ring (bicyclic) bond motifs is 1. The van der Waals surface area contributed by atoms with Gasteiger partial charge < -0.3 is 9.84 Å². The highest BCUT2D eigenvalue weighted by Crippen LogP contribution is 2.44. The van der Waals surface area contributed by atoms with Gasteiger partial charge in [0.2, 0.25) is 0 Å². The van der Waals surface area contributed by atoms with Gasteiger partial charge in [-0.3, -0.25) is 0 Å². The second-order valence-corrected chi connectivity index (χ2v) is 5.31. The first-order valence-electron chi connectivity index (χ1n) is 5.68. The Bertz CT molecular complexity index is 533. The average molecular weight is 246 g/mol. The molecule has 3 rings (SSSR count). The van der Waals surface area contributed by atoms with Gasteiger partial charge >= 0.3 is 0 Å². The molecule has 0 saturated carbocycles. The number of hydrogen-bond donors (Lipinski definition) is 1. The van der Waals surface area contributed by atoms with Crippen LogP contribution < -0.4 is 4.74 Å². The summed E-state index contributed by atoms with van der Waals surface area (Å²) in [5.74, 6) is 0.806. The van der Waals surface area contributed by atoms with Crippen LogP contribution in [0, 0.1) is 0 Å². The normalized spacial score (nSPS) is 22.5. The molecule has 1 aromatic heterocycles. The van der Waals surface area contributed by atoms with Crippen LogP contribution in [0.2, 0.25) is 0 Å². The molecule has 0 aliphatic heterocycles. The minimum absolute atomic E-state index is 0.760. The fourth-order valence-electron chi connectivity index (χ4n) is 2.51. The minimum atomic E-state index is -0.821. The Hall–Kier alpha value is -1.32. The molecule has 0 radical (unpaired) electrons. The average Bonchev–Trinajstić information content (AvgIpc) is 2.98. The van der Waals surface area contributed by atoms with Crippen LogP contribution in [0.1, 0.15) is 22.4 Å². The highest BCUT2D eigenvalue weighted by atomic mass is 32.1. The first kappa shape index (κ1) is 10.8. The Morgan fingerprint density at radius 1 is 1.35 bits per heavy atom. The first-order chi connectivity index (χ1) is 8.24. The van der Waals surface area contributed by atoms with E-state index in [9.17, 15) is 5.11 Å². The highest BCUT2D eigenvalue weighted by Gasteiger charge is 2.39. The maximum atomic E-state index is 10.9. The summed E-state index contributed by atoms with van der Waals surface area (Å²) in [7, 11) is 1.65. The van der Waals surface area contributed by atoms with E-state index in [0.717, 1.165) is 29.0 Å². The third-order valence-electron chi connectivity index (χ3n) is 3.45. The largest absolute Gasteiger partial charge is 0.497 e. The molecule has 0 amide bonds. The van der Waals surface area contributed by atoms with Gasteiger partial charge in [0.05, 0.1) is 7.11 Å². The van der Waals surface area contributed by atoms with E-state index < -0.39 is 5.60 Å². The number of aryl methyl sites for hydroxylation is 1. The van der Waals surface area contributed by atoms with E-state index in [1.807, 2.05) is 29.6 Å². The third-order valence-corrected chi connectivity index (χ3v) is 4.47. The highest BCUT2D eigenvalue weighted by molar-refractivity contribution is 7.10. The van der Waals surface area contributed by atoms with Crippen molar-refractivity contribution in [2.45, 2.75) is 18.4 Å². The zero-order chi connectivity index (χ0) is 11.9. The molecule has 0 fully saturated rings. The zero-order valence-electron chi connectivity index (χ0n) is 9.64. The molecule has 1 atom stereocenters. The van der Waals surface area contributed by atoms with Crippen molar-refractivity contribution < 1.29 is 9.84 Å². The van der Waals surface area contributed by atoms with Gasteiger partial charge in [0, 0.05) is 4.88 Å². The summed E-state index contributed by atoms with van der Waals surface area (Å²) >= 11 is 1.61. The van der Waals surface area contributed by atoms with Crippen molar-refractivity contribution in [2.24, 2.45) is 0 Å². The molecule has 17 heavy (non-hydrogen) atoms. The van der Waals surface area contributed by atoms with E-state index in [1.165, 1.54) is 5.56 Å². The molecule has 1 aromatic carbocycles. The Labute approximate surface area is 104 Å². The van der Waals surface area contributed by atoms with Crippen molar-refractivity contribution >= 4 is 11.3 Å². The smallest absolute Gasteiger partial charge is 0.124 e. The molecule has 0 spiro atoms. The molecule has 1 aliphatic carbocycles. The monoisotopic (exact) mass is 246 g/mol. The van der Waals surface area contributed by atoms with E-state index in [1.54, 1.807) is 18.4 Å². The van der Waals surface area contributed by atoms with Crippen molar-refractivity contribution in [1.82, 2.24) is 0 Å². The van der Waals surface area contributed by atoms with Crippen LogP contribution in [0.3, 0.4) is 0 Å². The summed E-state index contributed by atoms with van der Waals surface area (Å²) in [4.78, 5) is 1.02. The molecule has 0 bridgehead atoms. The summed E-state index contributed by atoms with van der Waals surface area (Å²) in [6.07, 6.45) is 1.68. The van der Waals surface area contributed by atoms with Crippen LogP contribution in [0.25, 0.3) is 0 Å². The Morgan fingerprint density at radius 2 is 2.24 bits per heavy atom. The molecular formula is C14H14O2S. The number of ether oxygens (including phenoxy) is 1. The zero-order valence-corrected chi connectivity index (χ0v) is 10.5. The number of rotatable bonds is 2. The van der Waals surface area contributed by atoms with Gasteiger partial charge in [-0.05, 0) is 47.5 Å². The molecule has 88 valence electrons. The van der Waals surface area contributed by atoms with Crippen LogP contribution >= 0.6 is 11.3 Å². The van der Waals surface area contributed by atoms with Crippen molar-refractivity contribution in [3.8, 4) is 5.75 Å². The summed E-state index contributed by atoms with van der Waals surface area (Å²) in [5.41, 5.74) is 1.40. The topological polar surface area (TPSA) is 29.5 Å². The van der Waals surface area contributed by atoms with Crippen LogP contribution in [-0.4, -0.2) is 12.2 Å². The lowest BCUT2D eigenvalue weighted by Gasteiger charge is -2.22. The lowest BCUT2D eigenvalue weighted by Crippen LogP contribution is -2.22. The molecule has 1 unspecified atom stereocenters. The van der Waals surface area contributed by atoms with Crippen LogP contribution in [0.5, 0.6) is 5.75 Å². The van der Waals surface area contributed by atoms with Crippen molar-refractivity contribution in [2.75, 3.05) is 7.11 Å². The van der Waals surface area contributed by atoms with E-state index in [2.05, 4.69) is 6.07 Å². The molecular weight excluding hydrogens is 232 g/mol. The standard InChI is InChI=1S/C14H14O2S/c1-16-11-5-4-10-6-7-14(15,12(10)9-11)13-3-2-8-17-13/h2-5,8-9,15H,6-7H2,1H3. The Kier molecular flexibility index (Phi) is 2.45. The van der Waals surface area contributed by atoms with E-state index in [0.29, 0.717) is 0 Å². The predicted octanol–water partition coefficient (Wildman–Crippen LogP) is 2.94. The Morgan fingerprint density at radius 3 is 2.94 bits per heavy atom. The van der Waals surface area contributed by atoms with E-state index >= 15 is 0 Å². The first-order valence-corrected chi connectivity index (χ1v) is 6.56. The van der Waals surface area contributed by atoms with Gasteiger partial charge in [-0.1, -0.05) is 12.1 Å². The minimum Gasteiger partial charge on any atom is -0.497 e. The van der Waals surface area contributed by atoms with Crippen LogP contribution in [-0.2, 0) is 12.0 Å². The number of thiophene rings is 1. The van der Waals surface area contributed by atoms with Crippen molar-refractivity contribution in [3.63, 3.8) is 0 Å². The number of hydrogen-bond acceptors (Lipinski definition) is 3. The number of aliphatic hydroxyl groups is 1. The lowest BCUT2D eigenvalue weighted by atomic mass is 9.94. The molecule has 1 N–H and O–H groups in total. The molecule has 0 saturated heterocycles. The summed E-state index contributed by atoms with van der Waals surface area (Å²) < 4.78 is 5.24. The molecule has 1 heterocycles. The SMILES string of the molecule is COc1ccc2c(c1)C(O)(c1cccs1)CC2. The fourth-order valence-corrected chi connectivity index (χ4v) is 3.37. The molecule has 1 aliphatic rings. The fraction of sp³-hybridized carbons (Fsp3) is 0.286. The van der Waals surface area contributed by atoms with Gasteiger partial charge in [0.25, 0.3) is 0 Å². The van der Waals surface area contributed by atoms with Gasteiger partial charge in [-0.25, -0.2) is 0 Å². The van der Waals surface area contributed by atoms with Crippen LogP contribution in [0.15, 0.2) is 35.7 Å². The van der Waals surface area contributed by atoms with Crippen molar-refractivity contribution in [3.05, 3.63) is 51.7 Å². The van der Waals surface area contributed by atoms with Gasteiger partial charge in [-0.15, -0.1) is 11.3 Å². The van der Waals surface area contributed by atoms with Crippen LogP contribution in [0.4, 0.5) is 0 Å². The summed E-state index contributed by atoms with van der Waals surface area (Å²) in [6, 6.07) is 9.95. The maximum absolute atomic E-state index is 10.9. The predicted molar refractivity (Wildman–Crippen MR) is 68.6 cm³/mol. The maximum Gasteiger partial charge on any atom is 0.124 e. The number of methoxy groups -OCH3 is 1. The second-order valence-electron chi connectivity index (χ2n) is 4.36. The van der Waals surface area contributed by atoms with E-state index in [-0.39, 0.29) is 0 Å². The third kappa shape index (κ3) is 1.58. The molecule has 3 heteroatoms. The molecule has 2 nitrogen and oxygen atoms in total. The summed E-state index contributed by atoms with van der Waals surface area (Å²) in [5, 5.41) is 12.9. The lowest BCUT2D eigenvalue weighted by molar-refractivity contribution is 0.0866. The van der Waals surface area contributed by atoms with Gasteiger partial charge in [0.15, 0.2) is 0 Å². The number of benzene rings is 1.